The van der Waals surface area contributed by atoms with E-state index in [1.807, 2.05) is 0 Å². The lowest BCUT2D eigenvalue weighted by molar-refractivity contribution is 0.327. The number of thiazole rings is 1. The van der Waals surface area contributed by atoms with Gasteiger partial charge in [-0.1, -0.05) is 19.8 Å². The van der Waals surface area contributed by atoms with Crippen molar-refractivity contribution in [2.75, 3.05) is 5.73 Å². The molecule has 1 fully saturated rings. The van der Waals surface area contributed by atoms with Crippen molar-refractivity contribution < 1.29 is 8.42 Å². The first-order valence-electron chi connectivity index (χ1n) is 6.71. The normalized spacial score (nSPS) is 24.2. The molecule has 3 N–H and O–H groups in total. The van der Waals surface area contributed by atoms with Gasteiger partial charge in [-0.15, -0.1) is 11.3 Å². The van der Waals surface area contributed by atoms with E-state index in [0.29, 0.717) is 10.9 Å². The average molecular weight is 314 g/mol. The highest BCUT2D eigenvalue weighted by Crippen LogP contribution is 2.27. The fourth-order valence-corrected chi connectivity index (χ4v) is 5.14. The van der Waals surface area contributed by atoms with E-state index in [0.717, 1.165) is 19.3 Å². The van der Waals surface area contributed by atoms with Crippen molar-refractivity contribution >= 4 is 32.1 Å². The van der Waals surface area contributed by atoms with Crippen molar-refractivity contribution in [3.05, 3.63) is 11.6 Å². The van der Waals surface area contributed by atoms with Gasteiger partial charge in [0, 0.05) is 17.6 Å². The maximum atomic E-state index is 12.6. The van der Waals surface area contributed by atoms with Crippen LogP contribution in [-0.4, -0.2) is 23.8 Å². The van der Waals surface area contributed by atoms with Gasteiger partial charge in [-0.2, -0.15) is 0 Å². The molecule has 1 saturated carbocycles. The number of hydrogen-bond acceptors (Lipinski definition) is 5. The fraction of sp³-hybridized carbons (Fsp3) is 0.583. The second-order valence-electron chi connectivity index (χ2n) is 5.45. The topological polar surface area (TPSA) is 89.5 Å². The highest BCUT2D eigenvalue weighted by molar-refractivity contribution is 7.89. The zero-order chi connectivity index (χ0) is 14.3. The van der Waals surface area contributed by atoms with Gasteiger partial charge in [-0.05, 0) is 18.8 Å². The number of imidazole rings is 1. The second kappa shape index (κ2) is 5.01. The maximum Gasteiger partial charge on any atom is 0.260 e. The summed E-state index contributed by atoms with van der Waals surface area (Å²) in [4.78, 5) is 4.68. The molecule has 110 valence electrons. The Bertz CT molecular complexity index is 719. The van der Waals surface area contributed by atoms with Gasteiger partial charge in [0.15, 0.2) is 15.8 Å². The van der Waals surface area contributed by atoms with Crippen LogP contribution < -0.4 is 10.5 Å². The van der Waals surface area contributed by atoms with E-state index in [1.54, 1.807) is 11.6 Å². The Morgan fingerprint density at radius 2 is 2.30 bits per heavy atom. The van der Waals surface area contributed by atoms with Crippen LogP contribution in [0.25, 0.3) is 4.96 Å². The van der Waals surface area contributed by atoms with E-state index in [2.05, 4.69) is 16.6 Å². The molecule has 0 bridgehead atoms. The number of sulfonamides is 1. The van der Waals surface area contributed by atoms with Crippen LogP contribution >= 0.6 is 11.3 Å². The number of nitrogens with one attached hydrogen (secondary N) is 1. The van der Waals surface area contributed by atoms with E-state index in [4.69, 9.17) is 5.73 Å². The maximum absolute atomic E-state index is 12.6. The Hall–Kier alpha value is -1.12. The molecule has 0 radical (unpaired) electrons. The molecular weight excluding hydrogens is 296 g/mol. The summed E-state index contributed by atoms with van der Waals surface area (Å²) in [6.07, 6.45) is 5.67. The number of nitrogens with zero attached hydrogens (tertiary/aromatic N) is 2. The summed E-state index contributed by atoms with van der Waals surface area (Å²) < 4.78 is 29.4. The molecular formula is C12H18N4O2S2. The Labute approximate surface area is 122 Å². The van der Waals surface area contributed by atoms with E-state index in [1.165, 1.54) is 22.2 Å². The summed E-state index contributed by atoms with van der Waals surface area (Å²) in [5.74, 6) is 0.619. The summed E-state index contributed by atoms with van der Waals surface area (Å²) in [5.41, 5.74) is 5.77. The minimum absolute atomic E-state index is 0.00710. The molecule has 2 heterocycles. The number of hydrogen-bond donors (Lipinski definition) is 2. The van der Waals surface area contributed by atoms with Crippen molar-refractivity contribution in [2.45, 2.75) is 43.7 Å². The zero-order valence-corrected chi connectivity index (χ0v) is 12.9. The molecule has 1 aliphatic rings. The summed E-state index contributed by atoms with van der Waals surface area (Å²) >= 11 is 1.36. The van der Waals surface area contributed by atoms with Crippen LogP contribution in [0.5, 0.6) is 0 Å². The van der Waals surface area contributed by atoms with Gasteiger partial charge in [0.1, 0.15) is 0 Å². The lowest BCUT2D eigenvalue weighted by Crippen LogP contribution is -2.38. The van der Waals surface area contributed by atoms with Crippen LogP contribution in [0.2, 0.25) is 0 Å². The highest BCUT2D eigenvalue weighted by atomic mass is 32.2. The third-order valence-electron chi connectivity index (χ3n) is 3.76. The molecule has 6 nitrogen and oxygen atoms in total. The monoisotopic (exact) mass is 314 g/mol. The molecule has 0 amide bonds. The first-order valence-corrected chi connectivity index (χ1v) is 9.07. The van der Waals surface area contributed by atoms with Crippen LogP contribution in [0.3, 0.4) is 0 Å². The van der Waals surface area contributed by atoms with Crippen molar-refractivity contribution in [1.29, 1.82) is 0 Å². The number of rotatable bonds is 3. The molecule has 0 aromatic carbocycles. The lowest BCUT2D eigenvalue weighted by atomic mass is 9.88. The second-order valence-corrected chi connectivity index (χ2v) is 7.95. The van der Waals surface area contributed by atoms with Gasteiger partial charge in [-0.25, -0.2) is 18.1 Å². The largest absolute Gasteiger partial charge is 0.381 e. The third kappa shape index (κ3) is 2.43. The molecule has 20 heavy (non-hydrogen) atoms. The molecule has 0 spiro atoms. The quantitative estimate of drug-likeness (QED) is 0.904. The van der Waals surface area contributed by atoms with Crippen molar-refractivity contribution in [3.63, 3.8) is 0 Å². The molecule has 2 aromatic rings. The third-order valence-corrected chi connectivity index (χ3v) is 6.07. The number of nitrogens with two attached hydrogens (primary N) is 1. The smallest absolute Gasteiger partial charge is 0.260 e. The fourth-order valence-electron chi connectivity index (χ4n) is 2.87. The SMILES string of the molecule is CC1CCCC(NS(=O)(=O)c2c(N)nc3sccn23)C1. The molecule has 2 aromatic heterocycles. The average Bonchev–Trinajstić information content (AvgIpc) is 2.87. The Morgan fingerprint density at radius 1 is 1.50 bits per heavy atom. The van der Waals surface area contributed by atoms with Crippen LogP contribution in [0.15, 0.2) is 16.6 Å². The van der Waals surface area contributed by atoms with E-state index in [9.17, 15) is 8.42 Å². The van der Waals surface area contributed by atoms with Crippen molar-refractivity contribution in [2.24, 2.45) is 5.92 Å². The van der Waals surface area contributed by atoms with Crippen LogP contribution in [0, 0.1) is 5.92 Å². The minimum atomic E-state index is -3.64. The van der Waals surface area contributed by atoms with E-state index >= 15 is 0 Å². The zero-order valence-electron chi connectivity index (χ0n) is 11.2. The predicted molar refractivity (Wildman–Crippen MR) is 79.2 cm³/mol. The molecule has 1 aliphatic carbocycles. The predicted octanol–water partition coefficient (Wildman–Crippen LogP) is 1.83. The van der Waals surface area contributed by atoms with Crippen molar-refractivity contribution in [3.8, 4) is 0 Å². The number of fused-ring (bicyclic) bond motifs is 1. The molecule has 3 rings (SSSR count). The Balaban J connectivity index is 1.91. The van der Waals surface area contributed by atoms with Gasteiger partial charge in [0.25, 0.3) is 10.0 Å². The Kier molecular flexibility index (Phi) is 3.47. The number of aromatic nitrogens is 2. The first kappa shape index (κ1) is 13.8. The van der Waals surface area contributed by atoms with Gasteiger partial charge in [0.05, 0.1) is 0 Å². The van der Waals surface area contributed by atoms with Gasteiger partial charge in [0.2, 0.25) is 0 Å². The van der Waals surface area contributed by atoms with E-state index < -0.39 is 10.0 Å². The molecule has 2 unspecified atom stereocenters. The number of anilines is 1. The Morgan fingerprint density at radius 3 is 3.05 bits per heavy atom. The molecule has 8 heteroatoms. The number of nitrogen functional groups attached to an aromatic ring is 1. The van der Waals surface area contributed by atoms with Crippen LogP contribution in [0.4, 0.5) is 5.82 Å². The summed E-state index contributed by atoms with van der Waals surface area (Å²) in [7, 11) is -3.64. The lowest BCUT2D eigenvalue weighted by Gasteiger charge is -2.27. The summed E-state index contributed by atoms with van der Waals surface area (Å²) in [6, 6.07) is -0.00710. The first-order chi connectivity index (χ1) is 9.47. The van der Waals surface area contributed by atoms with Crippen LogP contribution in [0.1, 0.15) is 32.6 Å². The molecule has 2 atom stereocenters. The van der Waals surface area contributed by atoms with Gasteiger partial charge < -0.3 is 5.73 Å². The van der Waals surface area contributed by atoms with Crippen molar-refractivity contribution in [1.82, 2.24) is 14.1 Å². The molecule has 0 saturated heterocycles. The summed E-state index contributed by atoms with van der Waals surface area (Å²) in [5, 5.41) is 1.86. The van der Waals surface area contributed by atoms with Crippen LogP contribution in [-0.2, 0) is 10.0 Å². The minimum Gasteiger partial charge on any atom is -0.381 e. The van der Waals surface area contributed by atoms with E-state index in [-0.39, 0.29) is 16.9 Å². The van der Waals surface area contributed by atoms with Gasteiger partial charge in [-0.3, -0.25) is 4.40 Å². The standard InChI is InChI=1S/C12H18N4O2S2/c1-8-3-2-4-9(7-8)15-20(17,18)11-10(13)14-12-16(11)5-6-19-12/h5-6,8-9,15H,2-4,7,13H2,1H3. The highest BCUT2D eigenvalue weighted by Gasteiger charge is 2.29. The van der Waals surface area contributed by atoms with Gasteiger partial charge >= 0.3 is 0 Å². The molecule has 0 aliphatic heterocycles. The summed E-state index contributed by atoms with van der Waals surface area (Å²) in [6.45, 7) is 2.16.